The number of likely N-dealkylation sites (tertiary alicyclic amines) is 1. The largest absolute Gasteiger partial charge is 0.354 e. The zero-order valence-corrected chi connectivity index (χ0v) is 16.9. The molecule has 1 unspecified atom stereocenters. The van der Waals surface area contributed by atoms with Gasteiger partial charge in [-0.05, 0) is 32.3 Å². The Labute approximate surface area is 162 Å². The van der Waals surface area contributed by atoms with Crippen molar-refractivity contribution in [2.45, 2.75) is 46.1 Å². The van der Waals surface area contributed by atoms with Gasteiger partial charge in [0.1, 0.15) is 5.69 Å². The molecule has 1 amide bonds. The first kappa shape index (κ1) is 20.9. The van der Waals surface area contributed by atoms with Crippen molar-refractivity contribution in [2.24, 2.45) is 0 Å². The minimum Gasteiger partial charge on any atom is -0.354 e. The molecule has 3 heterocycles. The number of nitrogens with zero attached hydrogens (tertiary/aromatic N) is 2. The van der Waals surface area contributed by atoms with Gasteiger partial charge in [-0.25, -0.2) is 0 Å². The number of carbonyl (C=O) groups excluding carboxylic acids is 2. The average Bonchev–Trinajstić information content (AvgIpc) is 3.20. The van der Waals surface area contributed by atoms with Crippen LogP contribution in [0.4, 0.5) is 0 Å². The lowest BCUT2D eigenvalue weighted by molar-refractivity contribution is 0.0767. The summed E-state index contributed by atoms with van der Waals surface area (Å²) < 4.78 is 0. The Bertz CT molecular complexity index is 652. The van der Waals surface area contributed by atoms with E-state index in [0.29, 0.717) is 17.3 Å². The van der Waals surface area contributed by atoms with Crippen LogP contribution in [0.15, 0.2) is 0 Å². The summed E-state index contributed by atoms with van der Waals surface area (Å²) in [5, 5.41) is 3.38. The molecule has 2 saturated heterocycles. The molecule has 0 radical (unpaired) electrons. The van der Waals surface area contributed by atoms with Gasteiger partial charge in [-0.3, -0.25) is 14.5 Å². The number of aryl methyl sites for hydroxylation is 1. The van der Waals surface area contributed by atoms with Crippen molar-refractivity contribution in [3.8, 4) is 0 Å². The van der Waals surface area contributed by atoms with Gasteiger partial charge in [0.15, 0.2) is 5.78 Å². The number of amides is 1. The van der Waals surface area contributed by atoms with Crippen molar-refractivity contribution in [1.82, 2.24) is 20.1 Å². The maximum atomic E-state index is 13.1. The Morgan fingerprint density at radius 2 is 1.88 bits per heavy atom. The third kappa shape index (κ3) is 4.13. The van der Waals surface area contributed by atoms with Gasteiger partial charge < -0.3 is 15.2 Å². The quantitative estimate of drug-likeness (QED) is 0.764. The van der Waals surface area contributed by atoms with Crippen molar-refractivity contribution < 1.29 is 9.59 Å². The Kier molecular flexibility index (Phi) is 7.26. The highest BCUT2D eigenvalue weighted by Gasteiger charge is 2.33. The number of rotatable bonds is 5. The van der Waals surface area contributed by atoms with Gasteiger partial charge in [0.25, 0.3) is 5.91 Å². The molecule has 3 rings (SSSR count). The zero-order chi connectivity index (χ0) is 18.0. The molecule has 0 bridgehead atoms. The number of aromatic nitrogens is 1. The van der Waals surface area contributed by atoms with E-state index in [1.165, 1.54) is 0 Å². The van der Waals surface area contributed by atoms with Gasteiger partial charge in [0.2, 0.25) is 0 Å². The molecule has 2 fully saturated rings. The summed E-state index contributed by atoms with van der Waals surface area (Å²) in [5.41, 5.74) is 3.06. The van der Waals surface area contributed by atoms with E-state index in [9.17, 15) is 9.59 Å². The first-order chi connectivity index (χ1) is 12.0. The SMILES string of the molecule is CCCc1c(C(=O)N2CCC(N3CCNCC3)C2)[nH]c(C)c1C(C)=O.Cl. The Morgan fingerprint density at radius 3 is 2.50 bits per heavy atom. The maximum Gasteiger partial charge on any atom is 0.270 e. The molecule has 2 aliphatic heterocycles. The molecule has 146 valence electrons. The summed E-state index contributed by atoms with van der Waals surface area (Å²) in [7, 11) is 0. The predicted octanol–water partition coefficient (Wildman–Crippen LogP) is 2.02. The molecular formula is C19H31ClN4O2. The van der Waals surface area contributed by atoms with Crippen LogP contribution in [0.1, 0.15) is 58.8 Å². The Hall–Kier alpha value is -1.37. The lowest BCUT2D eigenvalue weighted by atomic mass is 10.0. The van der Waals surface area contributed by atoms with E-state index in [2.05, 4.69) is 22.1 Å². The van der Waals surface area contributed by atoms with Crippen LogP contribution in [0.25, 0.3) is 0 Å². The second-order valence-corrected chi connectivity index (χ2v) is 7.26. The molecule has 6 nitrogen and oxygen atoms in total. The fourth-order valence-electron chi connectivity index (χ4n) is 4.27. The molecule has 1 atom stereocenters. The summed E-state index contributed by atoms with van der Waals surface area (Å²) in [5.74, 6) is 0.0908. The number of hydrogen-bond donors (Lipinski definition) is 2. The molecule has 1 aromatic rings. The molecule has 26 heavy (non-hydrogen) atoms. The number of hydrogen-bond acceptors (Lipinski definition) is 4. The summed E-state index contributed by atoms with van der Waals surface area (Å²) in [6.45, 7) is 11.3. The minimum absolute atomic E-state index is 0. The number of halogens is 1. The van der Waals surface area contributed by atoms with Crippen molar-refractivity contribution in [3.63, 3.8) is 0 Å². The van der Waals surface area contributed by atoms with Gasteiger partial charge >= 0.3 is 0 Å². The van der Waals surface area contributed by atoms with Crippen molar-refractivity contribution in [1.29, 1.82) is 0 Å². The number of H-pyrrole nitrogens is 1. The molecule has 7 heteroatoms. The third-order valence-corrected chi connectivity index (χ3v) is 5.48. The summed E-state index contributed by atoms with van der Waals surface area (Å²) in [6.07, 6.45) is 2.71. The van der Waals surface area contributed by atoms with E-state index in [0.717, 1.165) is 69.8 Å². The lowest BCUT2D eigenvalue weighted by Crippen LogP contribution is -2.49. The Balaban J connectivity index is 0.00000243. The number of Topliss-reactive ketones (excluding diaryl/α,β-unsaturated/α-hetero) is 1. The van der Waals surface area contributed by atoms with Crippen molar-refractivity contribution in [3.05, 3.63) is 22.5 Å². The van der Waals surface area contributed by atoms with Crippen LogP contribution in [0.2, 0.25) is 0 Å². The van der Waals surface area contributed by atoms with Crippen LogP contribution in [0.5, 0.6) is 0 Å². The van der Waals surface area contributed by atoms with Gasteiger partial charge in [-0.2, -0.15) is 0 Å². The fourth-order valence-corrected chi connectivity index (χ4v) is 4.27. The van der Waals surface area contributed by atoms with Gasteiger partial charge in [-0.1, -0.05) is 13.3 Å². The molecule has 0 aliphatic carbocycles. The third-order valence-electron chi connectivity index (χ3n) is 5.48. The number of aromatic amines is 1. The second kappa shape index (κ2) is 9.02. The van der Waals surface area contributed by atoms with Crippen LogP contribution < -0.4 is 5.32 Å². The predicted molar refractivity (Wildman–Crippen MR) is 106 cm³/mol. The Morgan fingerprint density at radius 1 is 1.19 bits per heavy atom. The van der Waals surface area contributed by atoms with Crippen LogP contribution in [-0.4, -0.2) is 71.8 Å². The van der Waals surface area contributed by atoms with Crippen molar-refractivity contribution in [2.75, 3.05) is 39.3 Å². The molecule has 2 aliphatic rings. The van der Waals surface area contributed by atoms with E-state index >= 15 is 0 Å². The molecule has 0 saturated carbocycles. The monoisotopic (exact) mass is 382 g/mol. The fraction of sp³-hybridized carbons (Fsp3) is 0.684. The van der Waals surface area contributed by atoms with Crippen LogP contribution >= 0.6 is 12.4 Å². The molecule has 0 spiro atoms. The molecule has 0 aromatic carbocycles. The minimum atomic E-state index is 0. The number of carbonyl (C=O) groups is 2. The van der Waals surface area contributed by atoms with E-state index in [1.54, 1.807) is 6.92 Å². The average molecular weight is 383 g/mol. The first-order valence-electron chi connectivity index (χ1n) is 9.49. The van der Waals surface area contributed by atoms with E-state index < -0.39 is 0 Å². The van der Waals surface area contributed by atoms with Gasteiger partial charge in [-0.15, -0.1) is 12.4 Å². The molecule has 2 N–H and O–H groups in total. The highest BCUT2D eigenvalue weighted by molar-refractivity contribution is 6.02. The summed E-state index contributed by atoms with van der Waals surface area (Å²) >= 11 is 0. The van der Waals surface area contributed by atoms with E-state index in [1.807, 2.05) is 11.8 Å². The normalized spacial score (nSPS) is 20.9. The van der Waals surface area contributed by atoms with Crippen LogP contribution in [-0.2, 0) is 6.42 Å². The van der Waals surface area contributed by atoms with Crippen molar-refractivity contribution >= 4 is 24.1 Å². The van der Waals surface area contributed by atoms with Gasteiger partial charge in [0, 0.05) is 56.6 Å². The number of piperazine rings is 1. The first-order valence-corrected chi connectivity index (χ1v) is 9.49. The van der Waals surface area contributed by atoms with Crippen LogP contribution in [0.3, 0.4) is 0 Å². The molecule has 1 aromatic heterocycles. The highest BCUT2D eigenvalue weighted by atomic mass is 35.5. The number of nitrogens with one attached hydrogen (secondary N) is 2. The summed E-state index contributed by atoms with van der Waals surface area (Å²) in [6, 6.07) is 0.462. The van der Waals surface area contributed by atoms with Crippen LogP contribution in [0, 0.1) is 6.92 Å². The smallest absolute Gasteiger partial charge is 0.270 e. The second-order valence-electron chi connectivity index (χ2n) is 7.26. The maximum absolute atomic E-state index is 13.1. The summed E-state index contributed by atoms with van der Waals surface area (Å²) in [4.78, 5) is 32.8. The zero-order valence-electron chi connectivity index (χ0n) is 16.1. The highest BCUT2D eigenvalue weighted by Crippen LogP contribution is 2.25. The van der Waals surface area contributed by atoms with Gasteiger partial charge in [0.05, 0.1) is 0 Å². The molecular weight excluding hydrogens is 352 g/mol. The van der Waals surface area contributed by atoms with E-state index in [-0.39, 0.29) is 24.1 Å². The standard InChI is InChI=1S/C19H30N4O2.ClH/c1-4-5-16-17(14(3)24)13(2)21-18(16)19(25)23-9-6-15(12-23)22-10-7-20-8-11-22;/h15,20-21H,4-12H2,1-3H3;1H. The number of ketones is 1. The topological polar surface area (TPSA) is 68.4 Å². The van der Waals surface area contributed by atoms with E-state index in [4.69, 9.17) is 0 Å². The lowest BCUT2D eigenvalue weighted by Gasteiger charge is -2.32.